The lowest BCUT2D eigenvalue weighted by Gasteiger charge is -2.13. The number of hydrogen-bond acceptors (Lipinski definition) is 3. The van der Waals surface area contributed by atoms with Gasteiger partial charge in [-0.25, -0.2) is 30.7 Å². The molecule has 0 bridgehead atoms. The van der Waals surface area contributed by atoms with Gasteiger partial charge in [-0.05, 0) is 36.4 Å². The van der Waals surface area contributed by atoms with Crippen LogP contribution in [-0.2, 0) is 16.0 Å². The van der Waals surface area contributed by atoms with Crippen LogP contribution in [0, 0.1) is 23.3 Å². The van der Waals surface area contributed by atoms with Crippen molar-refractivity contribution in [2.24, 2.45) is 0 Å². The first-order valence-electron chi connectivity index (χ1n) is 9.69. The number of alkyl halides is 3. The number of hydrogen-bond donors (Lipinski definition) is 0. The summed E-state index contributed by atoms with van der Waals surface area (Å²) in [7, 11) is -3.67. The lowest BCUT2D eigenvalue weighted by molar-refractivity contribution is -0.140. The second kappa shape index (κ2) is 8.52. The highest BCUT2D eigenvalue weighted by Crippen LogP contribution is 2.44. The molecule has 0 atom stereocenters. The first kappa shape index (κ1) is 24.5. The van der Waals surface area contributed by atoms with Gasteiger partial charge in [0.2, 0.25) is 0 Å². The van der Waals surface area contributed by atoms with Gasteiger partial charge in [0, 0.05) is 35.1 Å². The van der Waals surface area contributed by atoms with E-state index in [9.17, 15) is 39.2 Å². The summed E-state index contributed by atoms with van der Waals surface area (Å²) in [5.41, 5.74) is -4.31. The molecule has 0 radical (unpaired) electrons. The summed E-state index contributed by atoms with van der Waals surface area (Å²) < 4.78 is 123. The lowest BCUT2D eigenvalue weighted by atomic mass is 9.97. The Kier molecular flexibility index (Phi) is 5.95. The number of nitrogens with zero attached hydrogens (tertiary/aromatic N) is 2. The van der Waals surface area contributed by atoms with Gasteiger partial charge in [0.05, 0.1) is 10.6 Å². The van der Waals surface area contributed by atoms with E-state index in [2.05, 4.69) is 5.10 Å². The molecule has 182 valence electrons. The third-order valence-corrected chi connectivity index (χ3v) is 6.18. The van der Waals surface area contributed by atoms with Crippen LogP contribution in [0.25, 0.3) is 28.1 Å². The van der Waals surface area contributed by atoms with Gasteiger partial charge in [0.1, 0.15) is 23.1 Å². The van der Waals surface area contributed by atoms with Crippen LogP contribution in [0.15, 0.2) is 65.6 Å². The molecule has 12 heteroatoms. The fraction of sp³-hybridized carbons (Fsp3) is 0.0870. The van der Waals surface area contributed by atoms with Crippen LogP contribution in [0.2, 0.25) is 0 Å². The number of rotatable bonds is 4. The van der Waals surface area contributed by atoms with Crippen molar-refractivity contribution >= 4 is 9.84 Å². The Morgan fingerprint density at radius 3 is 1.89 bits per heavy atom. The average Bonchev–Trinajstić information content (AvgIpc) is 3.14. The Balaban J connectivity index is 2.14. The number of aromatic nitrogens is 2. The molecule has 0 amide bonds. The molecule has 4 nitrogen and oxygen atoms in total. The molecule has 0 aliphatic carbocycles. The molecule has 3 aromatic carbocycles. The highest BCUT2D eigenvalue weighted by molar-refractivity contribution is 7.90. The Labute approximate surface area is 194 Å². The van der Waals surface area contributed by atoms with Crippen LogP contribution in [-0.4, -0.2) is 24.5 Å². The van der Waals surface area contributed by atoms with Crippen molar-refractivity contribution in [2.75, 3.05) is 6.26 Å². The normalized spacial score (nSPS) is 12.2. The Morgan fingerprint density at radius 2 is 1.37 bits per heavy atom. The predicted molar refractivity (Wildman–Crippen MR) is 112 cm³/mol. The largest absolute Gasteiger partial charge is 0.435 e. The average molecular weight is 514 g/mol. The molecule has 0 saturated heterocycles. The fourth-order valence-electron chi connectivity index (χ4n) is 3.52. The van der Waals surface area contributed by atoms with Crippen LogP contribution in [0.3, 0.4) is 0 Å². The summed E-state index contributed by atoms with van der Waals surface area (Å²) in [6, 6.07) is 8.43. The second-order valence-electron chi connectivity index (χ2n) is 7.50. The van der Waals surface area contributed by atoms with Crippen LogP contribution < -0.4 is 0 Å². The Hall–Kier alpha value is -3.67. The zero-order valence-corrected chi connectivity index (χ0v) is 18.4. The highest BCUT2D eigenvalue weighted by atomic mass is 32.2. The topological polar surface area (TPSA) is 52.0 Å². The lowest BCUT2D eigenvalue weighted by Crippen LogP contribution is -2.09. The van der Waals surface area contributed by atoms with Gasteiger partial charge in [-0.1, -0.05) is 12.1 Å². The monoisotopic (exact) mass is 514 g/mol. The van der Waals surface area contributed by atoms with Crippen LogP contribution in [0.4, 0.5) is 30.7 Å². The molecule has 1 aromatic heterocycles. The quantitative estimate of drug-likeness (QED) is 0.306. The van der Waals surface area contributed by atoms with Gasteiger partial charge >= 0.3 is 6.18 Å². The van der Waals surface area contributed by atoms with E-state index in [1.54, 1.807) is 0 Å². The maximum absolute atomic E-state index is 14.7. The Morgan fingerprint density at radius 1 is 0.800 bits per heavy atom. The molecule has 0 saturated carbocycles. The summed E-state index contributed by atoms with van der Waals surface area (Å²) in [6.07, 6.45) is -4.25. The minimum Gasteiger partial charge on any atom is -0.229 e. The maximum Gasteiger partial charge on any atom is 0.435 e. The van der Waals surface area contributed by atoms with Gasteiger partial charge in [-0.15, -0.1) is 0 Å². The SMILES string of the molecule is CS(=O)(=O)c1ccc(-c2c(-c3ccc(F)cc3F)c(C(F)(F)F)nn2-c2ccc(F)cc2F)cc1. The first-order chi connectivity index (χ1) is 16.3. The summed E-state index contributed by atoms with van der Waals surface area (Å²) in [6.45, 7) is 0. The maximum atomic E-state index is 14.7. The van der Waals surface area contributed by atoms with Gasteiger partial charge in [-0.2, -0.15) is 18.3 Å². The van der Waals surface area contributed by atoms with Crippen LogP contribution >= 0.6 is 0 Å². The molecular formula is C23H13F7N2O2S. The third kappa shape index (κ3) is 4.65. The zero-order chi connectivity index (χ0) is 25.7. The van der Waals surface area contributed by atoms with E-state index in [0.717, 1.165) is 54.8 Å². The molecule has 1 heterocycles. The smallest absolute Gasteiger partial charge is 0.229 e. The number of benzene rings is 3. The summed E-state index contributed by atoms with van der Waals surface area (Å²) in [5, 5.41) is 3.48. The van der Waals surface area contributed by atoms with Crippen molar-refractivity contribution in [3.05, 3.63) is 89.6 Å². The van der Waals surface area contributed by atoms with E-state index in [1.165, 1.54) is 0 Å². The minimum atomic E-state index is -5.17. The first-order valence-corrected chi connectivity index (χ1v) is 11.6. The van der Waals surface area contributed by atoms with E-state index < -0.39 is 67.5 Å². The van der Waals surface area contributed by atoms with Gasteiger partial charge in [0.25, 0.3) is 0 Å². The van der Waals surface area contributed by atoms with E-state index in [4.69, 9.17) is 0 Å². The molecule has 0 unspecified atom stereocenters. The molecule has 35 heavy (non-hydrogen) atoms. The number of sulfone groups is 1. The molecule has 0 N–H and O–H groups in total. The van der Waals surface area contributed by atoms with Gasteiger partial charge in [0.15, 0.2) is 21.3 Å². The van der Waals surface area contributed by atoms with Crippen molar-refractivity contribution in [3.63, 3.8) is 0 Å². The van der Waals surface area contributed by atoms with E-state index in [0.29, 0.717) is 16.8 Å². The van der Waals surface area contributed by atoms with E-state index in [-0.39, 0.29) is 10.5 Å². The summed E-state index contributed by atoms with van der Waals surface area (Å²) in [5.74, 6) is -4.65. The predicted octanol–water partition coefficient (Wildman–Crippen LogP) is 6.19. The fourth-order valence-corrected chi connectivity index (χ4v) is 4.15. The van der Waals surface area contributed by atoms with Gasteiger partial charge < -0.3 is 0 Å². The van der Waals surface area contributed by atoms with Gasteiger partial charge in [-0.3, -0.25) is 0 Å². The summed E-state index contributed by atoms with van der Waals surface area (Å²) in [4.78, 5) is -0.161. The van der Waals surface area contributed by atoms with Crippen molar-refractivity contribution < 1.29 is 39.2 Å². The summed E-state index contributed by atoms with van der Waals surface area (Å²) >= 11 is 0. The highest BCUT2D eigenvalue weighted by Gasteiger charge is 2.41. The van der Waals surface area contributed by atoms with Crippen LogP contribution in [0.5, 0.6) is 0 Å². The van der Waals surface area contributed by atoms with Crippen molar-refractivity contribution in [1.29, 1.82) is 0 Å². The molecular weight excluding hydrogens is 501 g/mol. The molecule has 0 spiro atoms. The number of halogens is 7. The minimum absolute atomic E-state index is 0.0946. The van der Waals surface area contributed by atoms with Crippen LogP contribution in [0.1, 0.15) is 5.69 Å². The zero-order valence-electron chi connectivity index (χ0n) is 17.5. The van der Waals surface area contributed by atoms with Crippen molar-refractivity contribution in [2.45, 2.75) is 11.1 Å². The second-order valence-corrected chi connectivity index (χ2v) is 9.51. The molecule has 0 fully saturated rings. The molecule has 0 aliphatic heterocycles. The molecule has 4 rings (SSSR count). The standard InChI is InChI=1S/C23H13F7N2O2S/c1-35(33,34)15-6-2-12(3-7-15)21-20(16-8-4-13(24)10-17(16)26)22(23(28,29)30)31-32(21)19-9-5-14(25)11-18(19)27/h2-11H,1H3. The van der Waals surface area contributed by atoms with E-state index >= 15 is 0 Å². The third-order valence-electron chi connectivity index (χ3n) is 5.05. The van der Waals surface area contributed by atoms with Crippen molar-refractivity contribution in [1.82, 2.24) is 9.78 Å². The molecule has 4 aromatic rings. The van der Waals surface area contributed by atoms with E-state index in [1.807, 2.05) is 0 Å². The molecule has 0 aliphatic rings. The Bertz CT molecular complexity index is 1540. The van der Waals surface area contributed by atoms with Crippen molar-refractivity contribution in [3.8, 4) is 28.1 Å².